The topological polar surface area (TPSA) is 35.6 Å². The summed E-state index contributed by atoms with van der Waals surface area (Å²) < 4.78 is 0. The summed E-state index contributed by atoms with van der Waals surface area (Å²) in [5, 5.41) is 3.01. The Hall–Kier alpha value is -1.55. The number of carbonyl (C=O) groups excluding carboxylic acids is 1. The van der Waals surface area contributed by atoms with Crippen molar-refractivity contribution >= 4 is 11.6 Å². The highest BCUT2D eigenvalue weighted by Gasteiger charge is 2.13. The van der Waals surface area contributed by atoms with Crippen molar-refractivity contribution in [3.63, 3.8) is 0 Å². The van der Waals surface area contributed by atoms with Crippen LogP contribution in [0.2, 0.25) is 0 Å². The molecule has 118 valence electrons. The highest BCUT2D eigenvalue weighted by Crippen LogP contribution is 2.13. The molecule has 4 heteroatoms. The summed E-state index contributed by atoms with van der Waals surface area (Å²) in [6.07, 6.45) is 0. The minimum Gasteiger partial charge on any atom is -0.378 e. The van der Waals surface area contributed by atoms with Gasteiger partial charge in [-0.05, 0) is 45.9 Å². The second-order valence-electron chi connectivity index (χ2n) is 6.13. The Kier molecular flexibility index (Phi) is 6.69. The van der Waals surface area contributed by atoms with Crippen LogP contribution in [0.1, 0.15) is 38.1 Å². The molecule has 1 aromatic carbocycles. The van der Waals surface area contributed by atoms with E-state index in [4.69, 9.17) is 0 Å². The van der Waals surface area contributed by atoms with Gasteiger partial charge in [0.1, 0.15) is 0 Å². The molecule has 0 aromatic heterocycles. The summed E-state index contributed by atoms with van der Waals surface area (Å²) in [5.41, 5.74) is 1.75. The SMILES string of the molecule is CC(C)N(CCNC(=O)c1cccc(N(C)C)c1)C(C)C. The Morgan fingerprint density at radius 1 is 1.14 bits per heavy atom. The maximum atomic E-state index is 12.2. The molecule has 0 spiro atoms. The quantitative estimate of drug-likeness (QED) is 0.839. The molecule has 0 aliphatic heterocycles. The highest BCUT2D eigenvalue weighted by molar-refractivity contribution is 5.95. The molecule has 1 aromatic rings. The minimum atomic E-state index is -0.00818. The van der Waals surface area contributed by atoms with Gasteiger partial charge in [-0.1, -0.05) is 6.07 Å². The fourth-order valence-electron chi connectivity index (χ4n) is 2.44. The van der Waals surface area contributed by atoms with Gasteiger partial charge in [0, 0.05) is 50.5 Å². The monoisotopic (exact) mass is 291 g/mol. The van der Waals surface area contributed by atoms with Crippen LogP contribution in [0.5, 0.6) is 0 Å². The lowest BCUT2D eigenvalue weighted by Gasteiger charge is -2.30. The molecule has 0 saturated carbocycles. The standard InChI is InChI=1S/C17H29N3O/c1-13(2)20(14(3)4)11-10-18-17(21)15-8-7-9-16(12-15)19(5)6/h7-9,12-14H,10-11H2,1-6H3,(H,18,21). The van der Waals surface area contributed by atoms with Crippen LogP contribution in [-0.4, -0.2) is 50.1 Å². The molecule has 21 heavy (non-hydrogen) atoms. The average Bonchev–Trinajstić information content (AvgIpc) is 2.42. The Labute approximate surface area is 129 Å². The summed E-state index contributed by atoms with van der Waals surface area (Å²) in [5.74, 6) is -0.00818. The summed E-state index contributed by atoms with van der Waals surface area (Å²) in [6, 6.07) is 8.65. The number of carbonyl (C=O) groups is 1. The first-order valence-corrected chi connectivity index (χ1v) is 7.64. The van der Waals surface area contributed by atoms with Gasteiger partial charge in [-0.3, -0.25) is 9.69 Å². The van der Waals surface area contributed by atoms with Gasteiger partial charge >= 0.3 is 0 Å². The Balaban J connectivity index is 2.56. The molecule has 0 atom stereocenters. The first kappa shape index (κ1) is 17.5. The zero-order valence-electron chi connectivity index (χ0n) is 14.2. The van der Waals surface area contributed by atoms with Crippen LogP contribution < -0.4 is 10.2 Å². The van der Waals surface area contributed by atoms with Crippen LogP contribution in [0, 0.1) is 0 Å². The third-order valence-corrected chi connectivity index (χ3v) is 3.61. The van der Waals surface area contributed by atoms with Gasteiger partial charge in [-0.25, -0.2) is 0 Å². The van der Waals surface area contributed by atoms with E-state index in [0.717, 1.165) is 12.2 Å². The number of hydrogen-bond donors (Lipinski definition) is 1. The third kappa shape index (κ3) is 5.38. The molecule has 0 bridgehead atoms. The molecule has 0 saturated heterocycles. The molecule has 0 fully saturated rings. The molecule has 1 N–H and O–H groups in total. The van der Waals surface area contributed by atoms with Crippen molar-refractivity contribution in [1.82, 2.24) is 10.2 Å². The molecule has 4 nitrogen and oxygen atoms in total. The first-order chi connectivity index (χ1) is 9.82. The molecule has 1 rings (SSSR count). The van der Waals surface area contributed by atoms with Crippen LogP contribution in [0.25, 0.3) is 0 Å². The fourth-order valence-corrected chi connectivity index (χ4v) is 2.44. The highest BCUT2D eigenvalue weighted by atomic mass is 16.1. The summed E-state index contributed by atoms with van der Waals surface area (Å²) in [4.78, 5) is 16.6. The molecule has 0 aliphatic rings. The van der Waals surface area contributed by atoms with E-state index in [2.05, 4.69) is 37.9 Å². The molecular weight excluding hydrogens is 262 g/mol. The van der Waals surface area contributed by atoms with E-state index in [9.17, 15) is 4.79 Å². The van der Waals surface area contributed by atoms with Crippen molar-refractivity contribution in [2.45, 2.75) is 39.8 Å². The maximum Gasteiger partial charge on any atom is 0.251 e. The summed E-state index contributed by atoms with van der Waals surface area (Å²) >= 11 is 0. The van der Waals surface area contributed by atoms with Gasteiger partial charge in [0.15, 0.2) is 0 Å². The molecule has 1 amide bonds. The van der Waals surface area contributed by atoms with Gasteiger partial charge < -0.3 is 10.2 Å². The predicted molar refractivity (Wildman–Crippen MR) is 90.1 cm³/mol. The lowest BCUT2D eigenvalue weighted by atomic mass is 10.2. The van der Waals surface area contributed by atoms with Crippen molar-refractivity contribution in [3.05, 3.63) is 29.8 Å². The molecule has 0 unspecified atom stereocenters. The van der Waals surface area contributed by atoms with Crippen LogP contribution >= 0.6 is 0 Å². The summed E-state index contributed by atoms with van der Waals surface area (Å²) in [6.45, 7) is 10.3. The van der Waals surface area contributed by atoms with Crippen molar-refractivity contribution in [1.29, 1.82) is 0 Å². The lowest BCUT2D eigenvalue weighted by Crippen LogP contribution is -2.42. The van der Waals surface area contributed by atoms with E-state index in [0.29, 0.717) is 24.2 Å². The van der Waals surface area contributed by atoms with Crippen LogP contribution in [0.15, 0.2) is 24.3 Å². The second kappa shape index (κ2) is 8.03. The van der Waals surface area contributed by atoms with Gasteiger partial charge in [0.05, 0.1) is 0 Å². The van der Waals surface area contributed by atoms with Gasteiger partial charge in [0.25, 0.3) is 5.91 Å². The van der Waals surface area contributed by atoms with Gasteiger partial charge in [-0.15, -0.1) is 0 Å². The van der Waals surface area contributed by atoms with Gasteiger partial charge in [-0.2, -0.15) is 0 Å². The number of hydrogen-bond acceptors (Lipinski definition) is 3. The molecule has 0 aliphatic carbocycles. The number of nitrogens with one attached hydrogen (secondary N) is 1. The zero-order valence-corrected chi connectivity index (χ0v) is 14.2. The third-order valence-electron chi connectivity index (χ3n) is 3.61. The Morgan fingerprint density at radius 2 is 1.76 bits per heavy atom. The predicted octanol–water partition coefficient (Wildman–Crippen LogP) is 2.60. The van der Waals surface area contributed by atoms with Crippen molar-refractivity contribution < 1.29 is 4.79 Å². The van der Waals surface area contributed by atoms with Crippen molar-refractivity contribution in [2.75, 3.05) is 32.1 Å². The van der Waals surface area contributed by atoms with E-state index in [1.807, 2.05) is 43.3 Å². The number of benzene rings is 1. The van der Waals surface area contributed by atoms with Crippen LogP contribution in [0.4, 0.5) is 5.69 Å². The van der Waals surface area contributed by atoms with Crippen LogP contribution in [-0.2, 0) is 0 Å². The van der Waals surface area contributed by atoms with E-state index < -0.39 is 0 Å². The van der Waals surface area contributed by atoms with E-state index in [1.54, 1.807) is 0 Å². The van der Waals surface area contributed by atoms with E-state index >= 15 is 0 Å². The van der Waals surface area contributed by atoms with Crippen LogP contribution in [0.3, 0.4) is 0 Å². The number of amides is 1. The zero-order chi connectivity index (χ0) is 16.0. The fraction of sp³-hybridized carbons (Fsp3) is 0.588. The average molecular weight is 291 g/mol. The van der Waals surface area contributed by atoms with Crippen molar-refractivity contribution in [2.24, 2.45) is 0 Å². The largest absolute Gasteiger partial charge is 0.378 e. The minimum absolute atomic E-state index is 0.00818. The van der Waals surface area contributed by atoms with Gasteiger partial charge in [0.2, 0.25) is 0 Å². The molecule has 0 radical (unpaired) electrons. The normalized spacial score (nSPS) is 11.3. The first-order valence-electron chi connectivity index (χ1n) is 7.64. The number of nitrogens with zero attached hydrogens (tertiary/aromatic N) is 2. The van der Waals surface area contributed by atoms with E-state index in [1.165, 1.54) is 0 Å². The lowest BCUT2D eigenvalue weighted by molar-refractivity contribution is 0.0939. The molecule has 0 heterocycles. The van der Waals surface area contributed by atoms with Crippen molar-refractivity contribution in [3.8, 4) is 0 Å². The number of rotatable bonds is 7. The summed E-state index contributed by atoms with van der Waals surface area (Å²) in [7, 11) is 3.94. The second-order valence-corrected chi connectivity index (χ2v) is 6.13. The Bertz CT molecular complexity index is 447. The number of anilines is 1. The smallest absolute Gasteiger partial charge is 0.251 e. The maximum absolute atomic E-state index is 12.2. The van der Waals surface area contributed by atoms with E-state index in [-0.39, 0.29) is 5.91 Å². The Morgan fingerprint density at radius 3 is 2.29 bits per heavy atom. The molecular formula is C17H29N3O.